The molecule has 0 saturated carbocycles. The van der Waals surface area contributed by atoms with E-state index in [2.05, 4.69) is 4.72 Å². The van der Waals surface area contributed by atoms with Crippen LogP contribution in [-0.4, -0.2) is 34.0 Å². The first-order valence-electron chi connectivity index (χ1n) is 6.98. The monoisotopic (exact) mass is 362 g/mol. The third kappa shape index (κ3) is 4.37. The lowest BCUT2D eigenvalue weighted by Gasteiger charge is -2.22. The Morgan fingerprint density at radius 1 is 1.21 bits per heavy atom. The summed E-state index contributed by atoms with van der Waals surface area (Å²) in [6.45, 7) is -0.0426. The molecule has 1 N–H and O–H groups in total. The summed E-state index contributed by atoms with van der Waals surface area (Å²) in [6.07, 6.45) is -3.14. The van der Waals surface area contributed by atoms with Crippen LogP contribution in [0.2, 0.25) is 0 Å². The number of hydrogen-bond donors (Lipinski definition) is 1. The van der Waals surface area contributed by atoms with Crippen molar-refractivity contribution in [3.63, 3.8) is 0 Å². The highest BCUT2D eigenvalue weighted by Crippen LogP contribution is 2.30. The van der Waals surface area contributed by atoms with Crippen molar-refractivity contribution >= 4 is 10.0 Å². The number of sulfonamides is 1. The minimum absolute atomic E-state index is 0.0426. The zero-order chi connectivity index (χ0) is 18.0. The summed E-state index contributed by atoms with van der Waals surface area (Å²) >= 11 is 0. The largest absolute Gasteiger partial charge is 0.468 e. The molecule has 0 aliphatic heterocycles. The van der Waals surface area contributed by atoms with Gasteiger partial charge in [0.05, 0.1) is 22.8 Å². The van der Waals surface area contributed by atoms with Crippen LogP contribution in [0.15, 0.2) is 52.0 Å². The maximum absolute atomic E-state index is 12.7. The number of benzene rings is 1. The molecule has 24 heavy (non-hydrogen) atoms. The second kappa shape index (κ2) is 6.96. The number of rotatable bonds is 6. The fourth-order valence-electron chi connectivity index (χ4n) is 2.13. The smallest absolute Gasteiger partial charge is 0.416 e. The lowest BCUT2D eigenvalue weighted by Crippen LogP contribution is -2.34. The zero-order valence-corrected chi connectivity index (χ0v) is 13.9. The average Bonchev–Trinajstić information content (AvgIpc) is 3.00. The van der Waals surface area contributed by atoms with Gasteiger partial charge in [-0.15, -0.1) is 0 Å². The molecule has 0 amide bonds. The van der Waals surface area contributed by atoms with Crippen molar-refractivity contribution in [2.45, 2.75) is 17.1 Å². The summed E-state index contributed by atoms with van der Waals surface area (Å²) in [5.41, 5.74) is -1.01. The summed E-state index contributed by atoms with van der Waals surface area (Å²) in [5, 5.41) is 0. The fourth-order valence-corrected chi connectivity index (χ4v) is 3.21. The second-order valence-electron chi connectivity index (χ2n) is 5.37. The number of alkyl halides is 3. The Bertz CT molecular complexity index is 772. The van der Waals surface area contributed by atoms with Gasteiger partial charge in [0.15, 0.2) is 0 Å². The molecule has 5 nitrogen and oxygen atoms in total. The number of furan rings is 1. The number of hydrogen-bond acceptors (Lipinski definition) is 4. The fraction of sp³-hybridized carbons (Fsp3) is 0.333. The molecule has 0 aliphatic rings. The number of halogens is 3. The minimum Gasteiger partial charge on any atom is -0.468 e. The first-order valence-corrected chi connectivity index (χ1v) is 8.46. The van der Waals surface area contributed by atoms with Crippen LogP contribution in [0.1, 0.15) is 17.4 Å². The molecule has 0 fully saturated rings. The molecule has 1 unspecified atom stereocenters. The summed E-state index contributed by atoms with van der Waals surface area (Å²) in [5.74, 6) is 0.548. The Labute approximate surface area is 138 Å². The Hall–Kier alpha value is -1.84. The van der Waals surface area contributed by atoms with Crippen molar-refractivity contribution in [3.05, 3.63) is 54.0 Å². The highest BCUT2D eigenvalue weighted by molar-refractivity contribution is 7.89. The third-order valence-corrected chi connectivity index (χ3v) is 4.85. The summed E-state index contributed by atoms with van der Waals surface area (Å²) < 4.78 is 70.3. The van der Waals surface area contributed by atoms with Gasteiger partial charge in [-0.1, -0.05) is 6.07 Å². The normalized spacial score (nSPS) is 14.1. The molecule has 1 aromatic heterocycles. The van der Waals surface area contributed by atoms with E-state index in [0.717, 1.165) is 18.2 Å². The molecule has 1 atom stereocenters. The van der Waals surface area contributed by atoms with Crippen molar-refractivity contribution in [2.24, 2.45) is 0 Å². The van der Waals surface area contributed by atoms with E-state index in [9.17, 15) is 21.6 Å². The van der Waals surface area contributed by atoms with E-state index in [1.807, 2.05) is 0 Å². The number of likely N-dealkylation sites (N-methyl/N-ethyl adjacent to an activating group) is 1. The van der Waals surface area contributed by atoms with Gasteiger partial charge in [0, 0.05) is 6.54 Å². The van der Waals surface area contributed by atoms with Crippen molar-refractivity contribution in [1.82, 2.24) is 9.62 Å². The standard InChI is InChI=1S/C15H17F3N2O3S/c1-20(2)13(14-7-4-8-23-14)10-19-24(21,22)12-6-3-5-11(9-12)15(16,17)18/h3-9,13,19H,10H2,1-2H3. The lowest BCUT2D eigenvalue weighted by molar-refractivity contribution is -0.137. The molecule has 0 bridgehead atoms. The van der Waals surface area contributed by atoms with Gasteiger partial charge in [-0.25, -0.2) is 13.1 Å². The van der Waals surface area contributed by atoms with Gasteiger partial charge >= 0.3 is 6.18 Å². The molecule has 1 heterocycles. The molecular weight excluding hydrogens is 345 g/mol. The second-order valence-corrected chi connectivity index (χ2v) is 7.14. The molecule has 9 heteroatoms. The predicted octanol–water partition coefficient (Wildman–Crippen LogP) is 2.88. The van der Waals surface area contributed by atoms with E-state index in [1.165, 1.54) is 6.26 Å². The molecule has 0 saturated heterocycles. The van der Waals surface area contributed by atoms with Crippen LogP contribution < -0.4 is 4.72 Å². The van der Waals surface area contributed by atoms with E-state index in [4.69, 9.17) is 4.42 Å². The van der Waals surface area contributed by atoms with Gasteiger partial charge in [-0.3, -0.25) is 4.90 Å². The van der Waals surface area contributed by atoms with Crippen LogP contribution in [0.3, 0.4) is 0 Å². The van der Waals surface area contributed by atoms with Crippen LogP contribution in [0.5, 0.6) is 0 Å². The van der Waals surface area contributed by atoms with Crippen molar-refractivity contribution in [1.29, 1.82) is 0 Å². The SMILES string of the molecule is CN(C)C(CNS(=O)(=O)c1cccc(C(F)(F)F)c1)c1ccco1. The van der Waals surface area contributed by atoms with Crippen molar-refractivity contribution < 1.29 is 26.0 Å². The molecule has 0 aliphatic carbocycles. The van der Waals surface area contributed by atoms with Crippen molar-refractivity contribution in [3.8, 4) is 0 Å². The topological polar surface area (TPSA) is 62.6 Å². The Morgan fingerprint density at radius 2 is 1.92 bits per heavy atom. The highest BCUT2D eigenvalue weighted by Gasteiger charge is 2.32. The number of nitrogens with zero attached hydrogens (tertiary/aromatic N) is 1. The van der Waals surface area contributed by atoms with E-state index >= 15 is 0 Å². The Balaban J connectivity index is 2.19. The van der Waals surface area contributed by atoms with Crippen LogP contribution >= 0.6 is 0 Å². The first kappa shape index (κ1) is 18.5. The van der Waals surface area contributed by atoms with Gasteiger partial charge in [0.1, 0.15) is 5.76 Å². The molecule has 0 radical (unpaired) electrons. The van der Waals surface area contributed by atoms with Gasteiger partial charge < -0.3 is 4.42 Å². The van der Waals surface area contributed by atoms with E-state index in [0.29, 0.717) is 11.8 Å². The van der Waals surface area contributed by atoms with E-state index in [1.54, 1.807) is 31.1 Å². The van der Waals surface area contributed by atoms with Gasteiger partial charge in [0.2, 0.25) is 10.0 Å². The molecule has 0 spiro atoms. The highest BCUT2D eigenvalue weighted by atomic mass is 32.2. The maximum Gasteiger partial charge on any atom is 0.416 e. The Morgan fingerprint density at radius 3 is 2.46 bits per heavy atom. The van der Waals surface area contributed by atoms with Crippen LogP contribution in [0.4, 0.5) is 13.2 Å². The van der Waals surface area contributed by atoms with Gasteiger partial charge in [-0.2, -0.15) is 13.2 Å². The third-order valence-electron chi connectivity index (χ3n) is 3.43. The van der Waals surface area contributed by atoms with Crippen molar-refractivity contribution in [2.75, 3.05) is 20.6 Å². The lowest BCUT2D eigenvalue weighted by atomic mass is 10.2. The molecule has 2 aromatic rings. The maximum atomic E-state index is 12.7. The van der Waals surface area contributed by atoms with Crippen LogP contribution in [0.25, 0.3) is 0 Å². The summed E-state index contributed by atoms with van der Waals surface area (Å²) in [6, 6.07) is 6.60. The average molecular weight is 362 g/mol. The molecule has 132 valence electrons. The molecule has 2 rings (SSSR count). The van der Waals surface area contributed by atoms with Gasteiger partial charge in [0.25, 0.3) is 0 Å². The van der Waals surface area contributed by atoms with Crippen LogP contribution in [0, 0.1) is 0 Å². The van der Waals surface area contributed by atoms with Gasteiger partial charge in [-0.05, 0) is 44.4 Å². The zero-order valence-electron chi connectivity index (χ0n) is 13.0. The van der Waals surface area contributed by atoms with E-state index < -0.39 is 26.7 Å². The van der Waals surface area contributed by atoms with E-state index in [-0.39, 0.29) is 12.6 Å². The molecular formula is C15H17F3N2O3S. The minimum atomic E-state index is -4.61. The summed E-state index contributed by atoms with van der Waals surface area (Å²) in [7, 11) is -0.597. The van der Waals surface area contributed by atoms with Crippen LogP contribution in [-0.2, 0) is 16.2 Å². The predicted molar refractivity (Wildman–Crippen MR) is 81.8 cm³/mol. The summed E-state index contributed by atoms with van der Waals surface area (Å²) in [4.78, 5) is 1.31. The molecule has 1 aromatic carbocycles. The quantitative estimate of drug-likeness (QED) is 0.858. The number of nitrogens with one attached hydrogen (secondary N) is 1. The Kier molecular flexibility index (Phi) is 5.36. The first-order chi connectivity index (χ1) is 11.1.